The number of hydrogen-bond acceptors (Lipinski definition) is 11. The summed E-state index contributed by atoms with van der Waals surface area (Å²) in [7, 11) is 0. The SMILES string of the molecule is CCOCCN=c1nc(Nc2cccc(OCCN3CCOCC3)c2)nc2c(=Cc3[nH]c(=O)[nH]c3O)cnn12. The monoisotopic (exact) mass is 537 g/mol. The van der Waals surface area contributed by atoms with Crippen molar-refractivity contribution in [3.8, 4) is 11.6 Å². The molecule has 1 aliphatic rings. The minimum Gasteiger partial charge on any atom is -0.493 e. The molecule has 1 aliphatic heterocycles. The lowest BCUT2D eigenvalue weighted by Gasteiger charge is -2.26. The quantitative estimate of drug-likeness (QED) is 0.188. The molecule has 0 bridgehead atoms. The molecule has 1 saturated heterocycles. The van der Waals surface area contributed by atoms with Crippen LogP contribution in [-0.4, -0.2) is 98.8 Å². The van der Waals surface area contributed by atoms with E-state index in [0.717, 1.165) is 44.3 Å². The zero-order valence-corrected chi connectivity index (χ0v) is 21.6. The van der Waals surface area contributed by atoms with Gasteiger partial charge in [0.05, 0.1) is 32.6 Å². The standard InChI is InChI=1S/C25H31N9O5/c1-2-37-10-6-26-24-32-23(30-21-17(16-27-34(21)24)14-20-22(35)31-25(36)29-20)28-18-4-3-5-19(15-18)39-13-9-33-7-11-38-12-8-33/h3-5,14-16,35H,2,6-13H2,1H3,(H,26,28,32)(H2,29,31,36). The van der Waals surface area contributed by atoms with Crippen LogP contribution in [0.1, 0.15) is 12.6 Å². The Labute approximate surface area is 223 Å². The molecule has 4 heterocycles. The van der Waals surface area contributed by atoms with E-state index in [2.05, 4.69) is 40.2 Å². The molecule has 0 aliphatic carbocycles. The van der Waals surface area contributed by atoms with Crippen molar-refractivity contribution in [2.45, 2.75) is 6.92 Å². The summed E-state index contributed by atoms with van der Waals surface area (Å²) < 4.78 is 18.3. The summed E-state index contributed by atoms with van der Waals surface area (Å²) in [6.45, 7) is 8.06. The van der Waals surface area contributed by atoms with Crippen LogP contribution in [0.5, 0.6) is 11.6 Å². The predicted octanol–water partition coefficient (Wildman–Crippen LogP) is -0.214. The highest BCUT2D eigenvalue weighted by molar-refractivity contribution is 5.60. The molecule has 14 nitrogen and oxygen atoms in total. The summed E-state index contributed by atoms with van der Waals surface area (Å²) in [6.07, 6.45) is 3.13. The number of fused-ring (bicyclic) bond motifs is 1. The van der Waals surface area contributed by atoms with Gasteiger partial charge in [-0.3, -0.25) is 9.88 Å². The summed E-state index contributed by atoms with van der Waals surface area (Å²) in [5.41, 5.74) is 1.18. The van der Waals surface area contributed by atoms with Crippen molar-refractivity contribution in [3.05, 3.63) is 57.5 Å². The molecule has 39 heavy (non-hydrogen) atoms. The molecule has 3 aromatic heterocycles. The molecule has 4 aromatic rings. The number of anilines is 2. The first-order valence-corrected chi connectivity index (χ1v) is 12.8. The van der Waals surface area contributed by atoms with Crippen LogP contribution in [0.2, 0.25) is 0 Å². The molecule has 5 rings (SSSR count). The second-order valence-corrected chi connectivity index (χ2v) is 8.70. The van der Waals surface area contributed by atoms with Crippen molar-refractivity contribution in [2.24, 2.45) is 4.99 Å². The Morgan fingerprint density at radius 2 is 2.10 bits per heavy atom. The molecule has 0 spiro atoms. The van der Waals surface area contributed by atoms with Crippen LogP contribution in [-0.2, 0) is 9.47 Å². The van der Waals surface area contributed by atoms with Crippen molar-refractivity contribution >= 4 is 23.4 Å². The lowest BCUT2D eigenvalue weighted by molar-refractivity contribution is 0.0322. The summed E-state index contributed by atoms with van der Waals surface area (Å²) in [6, 6.07) is 7.56. The van der Waals surface area contributed by atoms with E-state index in [1.807, 2.05) is 31.2 Å². The third-order valence-corrected chi connectivity index (χ3v) is 5.98. The van der Waals surface area contributed by atoms with Gasteiger partial charge in [0.1, 0.15) is 18.1 Å². The van der Waals surface area contributed by atoms with Gasteiger partial charge in [-0.1, -0.05) is 6.07 Å². The number of morpholine rings is 1. The van der Waals surface area contributed by atoms with E-state index in [-0.39, 0.29) is 11.6 Å². The second-order valence-electron chi connectivity index (χ2n) is 8.70. The number of benzene rings is 1. The van der Waals surface area contributed by atoms with E-state index in [1.54, 1.807) is 12.3 Å². The number of aromatic amines is 2. The number of rotatable bonds is 11. The van der Waals surface area contributed by atoms with Crippen LogP contribution >= 0.6 is 0 Å². The van der Waals surface area contributed by atoms with E-state index in [4.69, 9.17) is 14.2 Å². The minimum atomic E-state index is -0.522. The van der Waals surface area contributed by atoms with Crippen molar-refractivity contribution in [3.63, 3.8) is 0 Å². The van der Waals surface area contributed by atoms with Gasteiger partial charge in [-0.15, -0.1) is 0 Å². The maximum atomic E-state index is 11.6. The summed E-state index contributed by atoms with van der Waals surface area (Å²) in [5, 5.41) is 18.1. The van der Waals surface area contributed by atoms with Gasteiger partial charge in [0.25, 0.3) is 5.62 Å². The van der Waals surface area contributed by atoms with Crippen LogP contribution in [0.4, 0.5) is 11.6 Å². The van der Waals surface area contributed by atoms with Gasteiger partial charge in [0, 0.05) is 43.2 Å². The molecular formula is C25H31N9O5. The highest BCUT2D eigenvalue weighted by Gasteiger charge is 2.11. The number of aromatic hydroxyl groups is 1. The summed E-state index contributed by atoms with van der Waals surface area (Å²) >= 11 is 0. The largest absolute Gasteiger partial charge is 0.493 e. The third kappa shape index (κ3) is 6.79. The Hall–Kier alpha value is -4.27. The lowest BCUT2D eigenvalue weighted by Crippen LogP contribution is -2.38. The van der Waals surface area contributed by atoms with E-state index in [1.165, 1.54) is 4.52 Å². The number of nitrogens with zero attached hydrogens (tertiary/aromatic N) is 6. The molecule has 0 atom stereocenters. The van der Waals surface area contributed by atoms with Gasteiger partial charge in [-0.25, -0.2) is 9.79 Å². The van der Waals surface area contributed by atoms with Gasteiger partial charge in [-0.2, -0.15) is 19.6 Å². The molecule has 4 N–H and O–H groups in total. The number of ether oxygens (including phenoxy) is 3. The molecular weight excluding hydrogens is 506 g/mol. The van der Waals surface area contributed by atoms with E-state index in [9.17, 15) is 9.90 Å². The Bertz CT molecular complexity index is 1570. The number of H-pyrrole nitrogens is 2. The van der Waals surface area contributed by atoms with Crippen LogP contribution < -0.4 is 26.6 Å². The van der Waals surface area contributed by atoms with Gasteiger partial charge >= 0.3 is 5.69 Å². The normalized spacial score (nSPS) is 15.3. The first-order valence-electron chi connectivity index (χ1n) is 12.8. The molecule has 1 fully saturated rings. The fourth-order valence-corrected chi connectivity index (χ4v) is 4.05. The Morgan fingerprint density at radius 3 is 2.90 bits per heavy atom. The second kappa shape index (κ2) is 12.5. The fraction of sp³-hybridized carbons (Fsp3) is 0.400. The first-order chi connectivity index (χ1) is 19.1. The zero-order chi connectivity index (χ0) is 27.0. The predicted molar refractivity (Wildman–Crippen MR) is 142 cm³/mol. The lowest BCUT2D eigenvalue weighted by atomic mass is 10.3. The molecule has 0 radical (unpaired) electrons. The van der Waals surface area contributed by atoms with Gasteiger partial charge < -0.3 is 29.6 Å². The van der Waals surface area contributed by atoms with Crippen LogP contribution in [0.25, 0.3) is 11.7 Å². The Morgan fingerprint density at radius 1 is 1.23 bits per heavy atom. The summed E-state index contributed by atoms with van der Waals surface area (Å²) in [4.78, 5) is 32.4. The maximum absolute atomic E-state index is 11.6. The summed E-state index contributed by atoms with van der Waals surface area (Å²) in [5.74, 6) is 0.741. The first kappa shape index (κ1) is 26.3. The van der Waals surface area contributed by atoms with Crippen molar-refractivity contribution in [2.75, 3.05) is 64.5 Å². The molecule has 206 valence electrons. The molecule has 1 aromatic carbocycles. The average molecular weight is 538 g/mol. The number of nitrogens with one attached hydrogen (secondary N) is 3. The molecule has 0 saturated carbocycles. The third-order valence-electron chi connectivity index (χ3n) is 5.98. The Balaban J connectivity index is 1.41. The van der Waals surface area contributed by atoms with E-state index >= 15 is 0 Å². The van der Waals surface area contributed by atoms with Crippen LogP contribution in [0.15, 0.2) is 40.2 Å². The highest BCUT2D eigenvalue weighted by Crippen LogP contribution is 2.19. The van der Waals surface area contributed by atoms with Gasteiger partial charge in [-0.05, 0) is 25.1 Å². The highest BCUT2D eigenvalue weighted by atomic mass is 16.5. The van der Waals surface area contributed by atoms with E-state index in [0.29, 0.717) is 48.8 Å². The average Bonchev–Trinajstić information content (AvgIpc) is 3.49. The topological polar surface area (TPSA) is 167 Å². The van der Waals surface area contributed by atoms with E-state index < -0.39 is 5.69 Å². The van der Waals surface area contributed by atoms with Gasteiger partial charge in [0.2, 0.25) is 11.8 Å². The van der Waals surface area contributed by atoms with Crippen LogP contribution in [0.3, 0.4) is 0 Å². The number of aromatic nitrogens is 6. The van der Waals surface area contributed by atoms with Gasteiger partial charge in [0.15, 0.2) is 5.65 Å². The smallest absolute Gasteiger partial charge is 0.326 e. The fourth-order valence-electron chi connectivity index (χ4n) is 4.05. The maximum Gasteiger partial charge on any atom is 0.326 e. The van der Waals surface area contributed by atoms with Crippen molar-refractivity contribution in [1.82, 2.24) is 34.4 Å². The zero-order valence-electron chi connectivity index (χ0n) is 21.6. The minimum absolute atomic E-state index is 0.208. The Kier molecular flexibility index (Phi) is 8.45. The van der Waals surface area contributed by atoms with Crippen molar-refractivity contribution < 1.29 is 19.3 Å². The molecule has 0 unspecified atom stereocenters. The van der Waals surface area contributed by atoms with Crippen molar-refractivity contribution in [1.29, 1.82) is 0 Å². The van der Waals surface area contributed by atoms with Crippen LogP contribution in [0, 0.1) is 0 Å². The molecule has 14 heteroatoms. The molecule has 0 amide bonds. The number of hydrogen-bond donors (Lipinski definition) is 4. The number of imidazole rings is 1.